The van der Waals surface area contributed by atoms with Crippen LogP contribution in [0.15, 0.2) is 24.3 Å². The van der Waals surface area contributed by atoms with Crippen molar-refractivity contribution in [1.82, 2.24) is 4.90 Å². The Kier molecular flexibility index (Phi) is 4.01. The predicted octanol–water partition coefficient (Wildman–Crippen LogP) is 2.29. The molecule has 1 rings (SSSR count). The lowest BCUT2D eigenvalue weighted by Crippen LogP contribution is -2.37. The first-order valence-corrected chi connectivity index (χ1v) is 5.14. The van der Waals surface area contributed by atoms with Crippen LogP contribution in [-0.4, -0.2) is 29.1 Å². The second kappa shape index (κ2) is 5.07. The summed E-state index contributed by atoms with van der Waals surface area (Å²) in [6, 6.07) is 5.50. The molecule has 0 spiro atoms. The number of carboxylic acid groups (broad SMARTS) is 1. The predicted molar refractivity (Wildman–Crippen MR) is 59.7 cm³/mol. The zero-order valence-corrected chi connectivity index (χ0v) is 9.64. The molecule has 0 heterocycles. The van der Waals surface area contributed by atoms with Gasteiger partial charge in [-0.1, -0.05) is 18.2 Å². The Balaban J connectivity index is 2.90. The molecule has 0 saturated heterocycles. The van der Waals surface area contributed by atoms with Crippen LogP contribution in [0.5, 0.6) is 0 Å². The molecule has 2 unspecified atom stereocenters. The number of benzene rings is 1. The Labute approximate surface area is 94.5 Å². The summed E-state index contributed by atoms with van der Waals surface area (Å²) in [5.41, 5.74) is 0.512. The van der Waals surface area contributed by atoms with Crippen molar-refractivity contribution >= 4 is 5.97 Å². The van der Waals surface area contributed by atoms with Gasteiger partial charge in [0.2, 0.25) is 0 Å². The smallest absolute Gasteiger partial charge is 0.320 e. The van der Waals surface area contributed by atoms with Gasteiger partial charge in [-0.2, -0.15) is 0 Å². The summed E-state index contributed by atoms with van der Waals surface area (Å²) >= 11 is 0. The van der Waals surface area contributed by atoms with Gasteiger partial charge < -0.3 is 5.11 Å². The quantitative estimate of drug-likeness (QED) is 0.854. The Morgan fingerprint density at radius 2 is 1.94 bits per heavy atom. The summed E-state index contributed by atoms with van der Waals surface area (Å²) in [5.74, 6) is -1.22. The van der Waals surface area contributed by atoms with E-state index in [2.05, 4.69) is 0 Å². The van der Waals surface area contributed by atoms with Crippen molar-refractivity contribution in [1.29, 1.82) is 0 Å². The lowest BCUT2D eigenvalue weighted by Gasteiger charge is -2.28. The van der Waals surface area contributed by atoms with Gasteiger partial charge in [-0.3, -0.25) is 9.69 Å². The van der Waals surface area contributed by atoms with E-state index in [1.54, 1.807) is 44.0 Å². The molecular formula is C12H16FNO2. The Morgan fingerprint density at radius 1 is 1.38 bits per heavy atom. The number of likely N-dealkylation sites (N-methyl/N-ethyl adjacent to an activating group) is 1. The second-order valence-corrected chi connectivity index (χ2v) is 3.88. The number of aliphatic carboxylic acids is 1. The fourth-order valence-corrected chi connectivity index (χ4v) is 1.54. The van der Waals surface area contributed by atoms with Gasteiger partial charge in [0.1, 0.15) is 11.9 Å². The van der Waals surface area contributed by atoms with E-state index in [1.807, 2.05) is 0 Å². The fourth-order valence-electron chi connectivity index (χ4n) is 1.54. The van der Waals surface area contributed by atoms with Crippen LogP contribution in [0.4, 0.5) is 4.39 Å². The minimum absolute atomic E-state index is 0.271. The minimum Gasteiger partial charge on any atom is -0.480 e. The SMILES string of the molecule is CC(C(=O)O)N(C)C(C)c1ccccc1F. The van der Waals surface area contributed by atoms with Crippen LogP contribution in [0.25, 0.3) is 0 Å². The molecule has 0 amide bonds. The maximum Gasteiger partial charge on any atom is 0.320 e. The normalized spacial score (nSPS) is 14.8. The number of halogens is 1. The molecule has 0 saturated carbocycles. The molecule has 0 aliphatic rings. The molecule has 0 aliphatic heterocycles. The zero-order valence-electron chi connectivity index (χ0n) is 9.64. The first-order valence-electron chi connectivity index (χ1n) is 5.14. The van der Waals surface area contributed by atoms with Crippen molar-refractivity contribution in [3.8, 4) is 0 Å². The molecule has 2 atom stereocenters. The van der Waals surface area contributed by atoms with Crippen LogP contribution in [0.2, 0.25) is 0 Å². The minimum atomic E-state index is -0.911. The van der Waals surface area contributed by atoms with Crippen molar-refractivity contribution in [2.75, 3.05) is 7.05 Å². The Hall–Kier alpha value is -1.42. The zero-order chi connectivity index (χ0) is 12.3. The number of hydrogen-bond acceptors (Lipinski definition) is 2. The highest BCUT2D eigenvalue weighted by Crippen LogP contribution is 2.23. The summed E-state index contributed by atoms with van der Waals surface area (Å²) in [5, 5.41) is 8.88. The van der Waals surface area contributed by atoms with E-state index in [1.165, 1.54) is 6.07 Å². The van der Waals surface area contributed by atoms with E-state index in [9.17, 15) is 9.18 Å². The number of nitrogens with zero attached hydrogens (tertiary/aromatic N) is 1. The van der Waals surface area contributed by atoms with Crippen LogP contribution in [-0.2, 0) is 4.79 Å². The molecule has 0 bridgehead atoms. The van der Waals surface area contributed by atoms with Gasteiger partial charge in [0.15, 0.2) is 0 Å². The monoisotopic (exact) mass is 225 g/mol. The Bertz CT molecular complexity index is 381. The van der Waals surface area contributed by atoms with Gasteiger partial charge in [0.05, 0.1) is 0 Å². The van der Waals surface area contributed by atoms with Gasteiger partial charge in [-0.15, -0.1) is 0 Å². The highest BCUT2D eigenvalue weighted by molar-refractivity contribution is 5.72. The van der Waals surface area contributed by atoms with Crippen LogP contribution < -0.4 is 0 Å². The lowest BCUT2D eigenvalue weighted by molar-refractivity contribution is -0.142. The highest BCUT2D eigenvalue weighted by atomic mass is 19.1. The molecule has 0 radical (unpaired) electrons. The third-order valence-corrected chi connectivity index (χ3v) is 2.93. The molecule has 4 heteroatoms. The molecule has 0 aromatic heterocycles. The van der Waals surface area contributed by atoms with E-state index in [0.29, 0.717) is 5.56 Å². The maximum absolute atomic E-state index is 13.5. The van der Waals surface area contributed by atoms with Crippen LogP contribution >= 0.6 is 0 Å². The molecule has 88 valence electrons. The topological polar surface area (TPSA) is 40.5 Å². The van der Waals surface area contributed by atoms with Gasteiger partial charge in [0.25, 0.3) is 0 Å². The van der Waals surface area contributed by atoms with Gasteiger partial charge in [0, 0.05) is 11.6 Å². The van der Waals surface area contributed by atoms with E-state index in [0.717, 1.165) is 0 Å². The largest absolute Gasteiger partial charge is 0.480 e. The summed E-state index contributed by atoms with van der Waals surface area (Å²) < 4.78 is 13.5. The molecule has 3 nitrogen and oxygen atoms in total. The highest BCUT2D eigenvalue weighted by Gasteiger charge is 2.23. The van der Waals surface area contributed by atoms with Crippen molar-refractivity contribution in [2.24, 2.45) is 0 Å². The maximum atomic E-state index is 13.5. The summed E-state index contributed by atoms with van der Waals surface area (Å²) in [7, 11) is 1.68. The average molecular weight is 225 g/mol. The van der Waals surface area contributed by atoms with E-state index >= 15 is 0 Å². The van der Waals surface area contributed by atoms with Crippen LogP contribution in [0.1, 0.15) is 25.5 Å². The number of hydrogen-bond donors (Lipinski definition) is 1. The summed E-state index contributed by atoms with van der Waals surface area (Å²) in [6.07, 6.45) is 0. The summed E-state index contributed by atoms with van der Waals surface area (Å²) in [4.78, 5) is 12.5. The molecule has 1 aromatic rings. The van der Waals surface area contributed by atoms with Gasteiger partial charge in [-0.25, -0.2) is 4.39 Å². The van der Waals surface area contributed by atoms with E-state index in [-0.39, 0.29) is 11.9 Å². The van der Waals surface area contributed by atoms with E-state index < -0.39 is 12.0 Å². The van der Waals surface area contributed by atoms with Crippen LogP contribution in [0.3, 0.4) is 0 Å². The second-order valence-electron chi connectivity index (χ2n) is 3.88. The number of rotatable bonds is 4. The molecule has 1 N–H and O–H groups in total. The molecule has 0 aliphatic carbocycles. The summed E-state index contributed by atoms with van der Waals surface area (Å²) in [6.45, 7) is 3.37. The third-order valence-electron chi connectivity index (χ3n) is 2.93. The van der Waals surface area contributed by atoms with Crippen molar-refractivity contribution in [3.05, 3.63) is 35.6 Å². The lowest BCUT2D eigenvalue weighted by atomic mass is 10.1. The fraction of sp³-hybridized carbons (Fsp3) is 0.417. The van der Waals surface area contributed by atoms with Gasteiger partial charge >= 0.3 is 5.97 Å². The number of carbonyl (C=O) groups is 1. The average Bonchev–Trinajstić information content (AvgIpc) is 2.26. The first kappa shape index (κ1) is 12.6. The van der Waals surface area contributed by atoms with Crippen molar-refractivity contribution < 1.29 is 14.3 Å². The molecule has 16 heavy (non-hydrogen) atoms. The van der Waals surface area contributed by atoms with Gasteiger partial charge in [-0.05, 0) is 27.0 Å². The molecule has 0 fully saturated rings. The first-order chi connectivity index (χ1) is 7.45. The van der Waals surface area contributed by atoms with Crippen molar-refractivity contribution in [3.63, 3.8) is 0 Å². The molecular weight excluding hydrogens is 209 g/mol. The standard InChI is InChI=1S/C12H16FNO2/c1-8(14(3)9(2)12(15)16)10-6-4-5-7-11(10)13/h4-9H,1-3H3,(H,15,16). The third kappa shape index (κ3) is 2.58. The van der Waals surface area contributed by atoms with E-state index in [4.69, 9.17) is 5.11 Å². The Morgan fingerprint density at radius 3 is 2.44 bits per heavy atom. The molecule has 1 aromatic carbocycles. The van der Waals surface area contributed by atoms with Crippen molar-refractivity contribution in [2.45, 2.75) is 25.9 Å². The van der Waals surface area contributed by atoms with Crippen LogP contribution in [0, 0.1) is 5.82 Å². The number of carboxylic acids is 1.